The lowest BCUT2D eigenvalue weighted by molar-refractivity contribution is 0.122. The maximum atomic E-state index is 6.36. The van der Waals surface area contributed by atoms with Gasteiger partial charge in [0.15, 0.2) is 0 Å². The van der Waals surface area contributed by atoms with Gasteiger partial charge in [-0.25, -0.2) is 4.98 Å². The molecule has 1 saturated heterocycles. The van der Waals surface area contributed by atoms with Crippen molar-refractivity contribution in [2.75, 3.05) is 36.5 Å². The fourth-order valence-corrected chi connectivity index (χ4v) is 6.67. The lowest BCUT2D eigenvalue weighted by Crippen LogP contribution is -2.36. The molecule has 7 rings (SSSR count). The van der Waals surface area contributed by atoms with Crippen LogP contribution in [-0.4, -0.2) is 41.9 Å². The van der Waals surface area contributed by atoms with Crippen LogP contribution in [0.2, 0.25) is 10.0 Å². The average Bonchev–Trinajstić information content (AvgIpc) is 3.03. The number of nitrogens with zero attached hydrogens (tertiary/aromatic N) is 4. The normalized spacial score (nSPS) is 17.1. The number of hydrogen-bond donors (Lipinski definition) is 1. The largest absolute Gasteiger partial charge is 0.378 e. The van der Waals surface area contributed by atoms with Gasteiger partial charge in [-0.15, -0.1) is 0 Å². The fraction of sp³-hybridized carbons (Fsp3) is 0.333. The minimum Gasteiger partial charge on any atom is -0.378 e. The van der Waals surface area contributed by atoms with E-state index in [0.717, 1.165) is 84.0 Å². The third-order valence-corrected chi connectivity index (χ3v) is 9.26. The van der Waals surface area contributed by atoms with Crippen LogP contribution < -0.4 is 15.6 Å². The Kier molecular flexibility index (Phi) is 8.74. The molecule has 0 radical (unpaired) electrons. The van der Waals surface area contributed by atoms with E-state index in [1.165, 1.54) is 37.8 Å². The third-order valence-electron chi connectivity index (χ3n) is 8.76. The zero-order valence-corrected chi connectivity index (χ0v) is 26.3. The molecule has 226 valence electrons. The molecule has 1 saturated carbocycles. The van der Waals surface area contributed by atoms with Crippen molar-refractivity contribution in [3.05, 3.63) is 94.3 Å². The predicted molar refractivity (Wildman–Crippen MR) is 182 cm³/mol. The van der Waals surface area contributed by atoms with Crippen molar-refractivity contribution in [2.45, 2.75) is 51.0 Å². The standard InChI is InChI=1S/C36H37Cl2N5O/c37-25-8-12-28(13-9-25)40-32-23-34-36(24-33(32)39-27-6-4-2-1-3-5-7-27)43(29-14-10-26(38)11-15-29)35-22-30(16-17-31(35)41-34)42-18-20-44-21-19-42/h8-17,22-24,27,40H,1-7,18-21H2. The minimum absolute atomic E-state index is 0.295. The van der Waals surface area contributed by atoms with E-state index in [0.29, 0.717) is 16.1 Å². The summed E-state index contributed by atoms with van der Waals surface area (Å²) in [5.74, 6) is 0. The van der Waals surface area contributed by atoms with Crippen LogP contribution in [0.1, 0.15) is 44.9 Å². The summed E-state index contributed by atoms with van der Waals surface area (Å²) >= 11 is 12.6. The van der Waals surface area contributed by atoms with Crippen molar-refractivity contribution < 1.29 is 4.74 Å². The number of rotatable bonds is 5. The van der Waals surface area contributed by atoms with Crippen LogP contribution in [0.5, 0.6) is 0 Å². The zero-order valence-electron chi connectivity index (χ0n) is 24.8. The molecule has 0 atom stereocenters. The van der Waals surface area contributed by atoms with Crippen molar-refractivity contribution in [3.8, 4) is 17.1 Å². The van der Waals surface area contributed by atoms with Gasteiger partial charge in [0, 0.05) is 40.2 Å². The molecule has 2 aliphatic heterocycles. The Hall–Kier alpha value is -3.58. The minimum atomic E-state index is 0.295. The van der Waals surface area contributed by atoms with Crippen molar-refractivity contribution in [2.24, 2.45) is 4.99 Å². The van der Waals surface area contributed by atoms with E-state index in [4.69, 9.17) is 37.9 Å². The molecule has 3 aromatic rings. The molecule has 2 aliphatic carbocycles. The number of fused-ring (bicyclic) bond motifs is 2. The second-order valence-electron chi connectivity index (χ2n) is 11.8. The van der Waals surface area contributed by atoms with Crippen LogP contribution in [-0.2, 0) is 4.74 Å². The van der Waals surface area contributed by atoms with Gasteiger partial charge in [0.05, 0.1) is 52.7 Å². The molecule has 2 heterocycles. The molecule has 4 aliphatic rings. The van der Waals surface area contributed by atoms with Gasteiger partial charge in [0.1, 0.15) is 0 Å². The molecule has 0 bridgehead atoms. The van der Waals surface area contributed by atoms with Crippen LogP contribution in [0.15, 0.2) is 83.9 Å². The molecule has 6 nitrogen and oxygen atoms in total. The molecule has 3 aromatic carbocycles. The van der Waals surface area contributed by atoms with E-state index in [1.807, 2.05) is 36.4 Å². The summed E-state index contributed by atoms with van der Waals surface area (Å²) in [6.45, 7) is 3.22. The molecular weight excluding hydrogens is 589 g/mol. The van der Waals surface area contributed by atoms with Gasteiger partial charge >= 0.3 is 0 Å². The van der Waals surface area contributed by atoms with Crippen molar-refractivity contribution in [1.29, 1.82) is 0 Å². The molecule has 44 heavy (non-hydrogen) atoms. The number of nitrogens with one attached hydrogen (secondary N) is 1. The first-order chi connectivity index (χ1) is 21.6. The van der Waals surface area contributed by atoms with Gasteiger partial charge in [-0.2, -0.15) is 0 Å². The van der Waals surface area contributed by atoms with E-state index >= 15 is 0 Å². The highest BCUT2D eigenvalue weighted by molar-refractivity contribution is 6.30. The monoisotopic (exact) mass is 625 g/mol. The summed E-state index contributed by atoms with van der Waals surface area (Å²) in [6.07, 6.45) is 8.60. The number of anilines is 3. The average molecular weight is 627 g/mol. The van der Waals surface area contributed by atoms with Crippen molar-refractivity contribution in [1.82, 2.24) is 9.55 Å². The first kappa shape index (κ1) is 29.1. The van der Waals surface area contributed by atoms with E-state index < -0.39 is 0 Å². The second kappa shape index (κ2) is 13.2. The smallest absolute Gasteiger partial charge is 0.0900 e. The summed E-state index contributed by atoms with van der Waals surface area (Å²) < 4.78 is 7.93. The van der Waals surface area contributed by atoms with Gasteiger partial charge in [0.25, 0.3) is 0 Å². The highest BCUT2D eigenvalue weighted by Crippen LogP contribution is 2.33. The predicted octanol–water partition coefficient (Wildman–Crippen LogP) is 9.03. The Morgan fingerprint density at radius 3 is 2.14 bits per heavy atom. The molecule has 1 N–H and O–H groups in total. The van der Waals surface area contributed by atoms with Crippen LogP contribution in [0, 0.1) is 0 Å². The quantitative estimate of drug-likeness (QED) is 0.198. The highest BCUT2D eigenvalue weighted by atomic mass is 35.5. The second-order valence-corrected chi connectivity index (χ2v) is 12.7. The van der Waals surface area contributed by atoms with E-state index in [9.17, 15) is 0 Å². The summed E-state index contributed by atoms with van der Waals surface area (Å²) in [4.78, 5) is 13.0. The topological polar surface area (TPSA) is 54.7 Å². The maximum absolute atomic E-state index is 6.36. The lowest BCUT2D eigenvalue weighted by atomic mass is 9.97. The van der Waals surface area contributed by atoms with E-state index in [1.54, 1.807) is 0 Å². The van der Waals surface area contributed by atoms with E-state index in [2.05, 4.69) is 57.2 Å². The molecule has 8 heteroatoms. The van der Waals surface area contributed by atoms with Crippen LogP contribution in [0.4, 0.5) is 17.1 Å². The third kappa shape index (κ3) is 6.44. The van der Waals surface area contributed by atoms with Crippen molar-refractivity contribution in [3.63, 3.8) is 0 Å². The first-order valence-corrected chi connectivity index (χ1v) is 16.5. The number of ether oxygens (including phenoxy) is 1. The van der Waals surface area contributed by atoms with Crippen molar-refractivity contribution >= 4 is 51.3 Å². The van der Waals surface area contributed by atoms with Gasteiger partial charge in [-0.1, -0.05) is 55.3 Å². The molecule has 0 unspecified atom stereocenters. The van der Waals surface area contributed by atoms with Gasteiger partial charge in [0.2, 0.25) is 0 Å². The Balaban J connectivity index is 1.45. The fourth-order valence-electron chi connectivity index (χ4n) is 6.42. The highest BCUT2D eigenvalue weighted by Gasteiger charge is 2.20. The van der Waals surface area contributed by atoms with Crippen LogP contribution in [0.3, 0.4) is 0 Å². The summed E-state index contributed by atoms with van der Waals surface area (Å²) in [5.41, 5.74) is 7.97. The van der Waals surface area contributed by atoms with Gasteiger partial charge in [-0.05, 0) is 91.7 Å². The Morgan fingerprint density at radius 1 is 0.750 bits per heavy atom. The summed E-state index contributed by atoms with van der Waals surface area (Å²) in [6, 6.07) is 27.1. The number of halogens is 2. The van der Waals surface area contributed by atoms with Gasteiger partial charge in [-0.3, -0.25) is 4.99 Å². The summed E-state index contributed by atoms with van der Waals surface area (Å²) in [7, 11) is 0. The maximum Gasteiger partial charge on any atom is 0.0900 e. The number of morpholine rings is 1. The molecule has 0 spiro atoms. The Bertz CT molecular complexity index is 1770. The SMILES string of the molecule is Clc1ccc(Nc2cc3nc4ccc(N5CCOCC5)cc4n(-c4ccc(Cl)cc4)c-3cc2=NC2CCCCCCC2)cc1. The molecule has 2 fully saturated rings. The first-order valence-electron chi connectivity index (χ1n) is 15.8. The zero-order chi connectivity index (χ0) is 29.9. The Morgan fingerprint density at radius 2 is 1.41 bits per heavy atom. The number of benzene rings is 4. The molecular formula is C36H37Cl2N5O. The summed E-state index contributed by atoms with van der Waals surface area (Å²) in [5, 5.41) is 6.01. The Labute approximate surface area is 268 Å². The van der Waals surface area contributed by atoms with Crippen LogP contribution in [0.25, 0.3) is 28.1 Å². The van der Waals surface area contributed by atoms with E-state index in [-0.39, 0.29) is 0 Å². The van der Waals surface area contributed by atoms with Gasteiger partial charge < -0.3 is 19.5 Å². The number of aromatic nitrogens is 2. The molecule has 0 amide bonds. The number of hydrogen-bond acceptors (Lipinski definition) is 5. The van der Waals surface area contributed by atoms with Crippen LogP contribution >= 0.6 is 23.2 Å². The lowest BCUT2D eigenvalue weighted by Gasteiger charge is -2.29. The molecule has 0 aromatic heterocycles.